The van der Waals surface area contributed by atoms with Crippen molar-refractivity contribution in [3.63, 3.8) is 0 Å². The highest BCUT2D eigenvalue weighted by atomic mass is 79.9. The number of carbonyl (C=O) groups excluding carboxylic acids is 1. The van der Waals surface area contributed by atoms with Gasteiger partial charge in [-0.1, -0.05) is 29.8 Å². The van der Waals surface area contributed by atoms with E-state index in [0.29, 0.717) is 18.9 Å². The van der Waals surface area contributed by atoms with Crippen molar-refractivity contribution < 1.29 is 14.3 Å². The highest BCUT2D eigenvalue weighted by molar-refractivity contribution is 9.10. The minimum atomic E-state index is -0.460. The van der Waals surface area contributed by atoms with Crippen molar-refractivity contribution in [3.8, 4) is 5.75 Å². The van der Waals surface area contributed by atoms with E-state index in [9.17, 15) is 4.79 Å². The van der Waals surface area contributed by atoms with Gasteiger partial charge in [-0.25, -0.2) is 5.84 Å². The molecule has 0 bridgehead atoms. The first-order valence-electron chi connectivity index (χ1n) is 7.09. The van der Waals surface area contributed by atoms with E-state index in [-0.39, 0.29) is 12.0 Å². The maximum Gasteiger partial charge on any atom is 0.263 e. The molecular weight excluding hydrogens is 336 g/mol. The first-order chi connectivity index (χ1) is 10.0. The number of halogens is 1. The summed E-state index contributed by atoms with van der Waals surface area (Å²) in [5.74, 6) is 6.08. The molecule has 3 N–H and O–H groups in total. The SMILES string of the molecule is CC(C)c1cc(Br)ccc1OCC1CCC(C(=O)NN)O1. The maximum absolute atomic E-state index is 11.4. The van der Waals surface area contributed by atoms with E-state index in [2.05, 4.69) is 41.3 Å². The van der Waals surface area contributed by atoms with Gasteiger partial charge in [0.25, 0.3) is 5.91 Å². The molecule has 2 unspecified atom stereocenters. The van der Waals surface area contributed by atoms with Crippen LogP contribution in [0, 0.1) is 0 Å². The number of hydrazine groups is 1. The lowest BCUT2D eigenvalue weighted by molar-refractivity contribution is -0.132. The van der Waals surface area contributed by atoms with E-state index in [0.717, 1.165) is 22.2 Å². The molecule has 1 heterocycles. The zero-order chi connectivity index (χ0) is 15.4. The molecule has 1 aliphatic heterocycles. The molecule has 5 nitrogen and oxygen atoms in total. The number of nitrogens with two attached hydrogens (primary N) is 1. The lowest BCUT2D eigenvalue weighted by Crippen LogP contribution is -2.39. The molecule has 1 aromatic carbocycles. The van der Waals surface area contributed by atoms with E-state index in [1.54, 1.807) is 0 Å². The van der Waals surface area contributed by atoms with Crippen LogP contribution in [0.2, 0.25) is 0 Å². The number of nitrogens with one attached hydrogen (secondary N) is 1. The van der Waals surface area contributed by atoms with E-state index in [1.807, 2.05) is 12.1 Å². The third kappa shape index (κ3) is 4.18. The highest BCUT2D eigenvalue weighted by Gasteiger charge is 2.30. The Balaban J connectivity index is 1.94. The van der Waals surface area contributed by atoms with Crippen molar-refractivity contribution >= 4 is 21.8 Å². The van der Waals surface area contributed by atoms with Gasteiger partial charge < -0.3 is 9.47 Å². The molecule has 2 atom stereocenters. The van der Waals surface area contributed by atoms with E-state index in [4.69, 9.17) is 15.3 Å². The minimum Gasteiger partial charge on any atom is -0.491 e. The molecule has 1 amide bonds. The van der Waals surface area contributed by atoms with Crippen LogP contribution in [0.1, 0.15) is 38.2 Å². The lowest BCUT2D eigenvalue weighted by Gasteiger charge is -2.17. The van der Waals surface area contributed by atoms with Gasteiger partial charge in [0.05, 0.1) is 6.10 Å². The third-order valence-electron chi connectivity index (χ3n) is 3.56. The molecule has 1 fully saturated rings. The van der Waals surface area contributed by atoms with Crippen molar-refractivity contribution in [1.29, 1.82) is 0 Å². The zero-order valence-electron chi connectivity index (χ0n) is 12.3. The average molecular weight is 357 g/mol. The molecule has 1 saturated heterocycles. The summed E-state index contributed by atoms with van der Waals surface area (Å²) in [4.78, 5) is 11.4. The van der Waals surface area contributed by atoms with Crippen molar-refractivity contribution in [2.75, 3.05) is 6.61 Å². The second-order valence-corrected chi connectivity index (χ2v) is 6.40. The van der Waals surface area contributed by atoms with Gasteiger partial charge in [-0.15, -0.1) is 0 Å². The predicted molar refractivity (Wildman–Crippen MR) is 84.0 cm³/mol. The standard InChI is InChI=1S/C15H21BrN2O3/c1-9(2)12-7-10(16)3-5-13(12)20-8-11-4-6-14(21-11)15(19)18-17/h3,5,7,9,11,14H,4,6,8,17H2,1-2H3,(H,18,19). The van der Waals surface area contributed by atoms with E-state index in [1.165, 1.54) is 0 Å². The van der Waals surface area contributed by atoms with Crippen LogP contribution in [0.25, 0.3) is 0 Å². The fourth-order valence-corrected chi connectivity index (χ4v) is 2.78. The fraction of sp³-hybridized carbons (Fsp3) is 0.533. The number of benzene rings is 1. The van der Waals surface area contributed by atoms with Gasteiger partial charge in [-0.2, -0.15) is 0 Å². The summed E-state index contributed by atoms with van der Waals surface area (Å²) in [5.41, 5.74) is 3.27. The summed E-state index contributed by atoms with van der Waals surface area (Å²) >= 11 is 3.48. The van der Waals surface area contributed by atoms with Crippen LogP contribution < -0.4 is 16.0 Å². The average Bonchev–Trinajstić information content (AvgIpc) is 2.93. The zero-order valence-corrected chi connectivity index (χ0v) is 13.9. The summed E-state index contributed by atoms with van der Waals surface area (Å²) in [5, 5.41) is 0. The second-order valence-electron chi connectivity index (χ2n) is 5.48. The molecule has 1 aromatic rings. The van der Waals surface area contributed by atoms with Crippen molar-refractivity contribution in [1.82, 2.24) is 5.43 Å². The van der Waals surface area contributed by atoms with Gasteiger partial charge in [-0.05, 0) is 42.5 Å². The number of carbonyl (C=O) groups is 1. The third-order valence-corrected chi connectivity index (χ3v) is 4.05. The Labute approximate surface area is 133 Å². The van der Waals surface area contributed by atoms with Crippen LogP contribution in [0.3, 0.4) is 0 Å². The van der Waals surface area contributed by atoms with Gasteiger partial charge >= 0.3 is 0 Å². The largest absolute Gasteiger partial charge is 0.491 e. The van der Waals surface area contributed by atoms with Gasteiger partial charge in [0.1, 0.15) is 18.5 Å². The van der Waals surface area contributed by atoms with Gasteiger partial charge in [0.15, 0.2) is 0 Å². The summed E-state index contributed by atoms with van der Waals surface area (Å²) in [6.07, 6.45) is 0.939. The van der Waals surface area contributed by atoms with Crippen LogP contribution in [-0.2, 0) is 9.53 Å². The molecule has 116 valence electrons. The summed E-state index contributed by atoms with van der Waals surface area (Å²) < 4.78 is 12.6. The quantitative estimate of drug-likeness (QED) is 0.482. The fourth-order valence-electron chi connectivity index (χ4n) is 2.40. The molecule has 0 radical (unpaired) electrons. The first kappa shape index (κ1) is 16.3. The Morgan fingerprint density at radius 2 is 2.29 bits per heavy atom. The Kier molecular flexibility index (Phi) is 5.61. The minimum absolute atomic E-state index is 0.0732. The summed E-state index contributed by atoms with van der Waals surface area (Å²) in [6.45, 7) is 4.69. The molecule has 0 aromatic heterocycles. The molecule has 2 rings (SSSR count). The molecule has 0 spiro atoms. The van der Waals surface area contributed by atoms with Crippen LogP contribution >= 0.6 is 15.9 Å². The van der Waals surface area contributed by atoms with Gasteiger partial charge in [-0.3, -0.25) is 10.2 Å². The monoisotopic (exact) mass is 356 g/mol. The lowest BCUT2D eigenvalue weighted by atomic mass is 10.0. The Morgan fingerprint density at radius 3 is 2.95 bits per heavy atom. The van der Waals surface area contributed by atoms with Crippen LogP contribution in [0.5, 0.6) is 5.75 Å². The van der Waals surface area contributed by atoms with Gasteiger partial charge in [0, 0.05) is 4.47 Å². The molecular formula is C15H21BrN2O3. The number of amides is 1. The van der Waals surface area contributed by atoms with Crippen LogP contribution in [0.15, 0.2) is 22.7 Å². The molecule has 0 aliphatic carbocycles. The van der Waals surface area contributed by atoms with E-state index >= 15 is 0 Å². The normalized spacial score (nSPS) is 21.6. The smallest absolute Gasteiger partial charge is 0.263 e. The van der Waals surface area contributed by atoms with Crippen LogP contribution in [0.4, 0.5) is 0 Å². The predicted octanol–water partition coefficient (Wildman–Crippen LogP) is 2.49. The maximum atomic E-state index is 11.4. The summed E-state index contributed by atoms with van der Waals surface area (Å²) in [7, 11) is 0. The molecule has 0 saturated carbocycles. The molecule has 1 aliphatic rings. The number of ether oxygens (including phenoxy) is 2. The number of hydrogen-bond acceptors (Lipinski definition) is 4. The Hall–Kier alpha value is -1.11. The van der Waals surface area contributed by atoms with Crippen molar-refractivity contribution in [2.45, 2.75) is 44.8 Å². The highest BCUT2D eigenvalue weighted by Crippen LogP contribution is 2.30. The Morgan fingerprint density at radius 1 is 1.52 bits per heavy atom. The first-order valence-corrected chi connectivity index (χ1v) is 7.88. The van der Waals surface area contributed by atoms with Crippen LogP contribution in [-0.4, -0.2) is 24.7 Å². The summed E-state index contributed by atoms with van der Waals surface area (Å²) in [6, 6.07) is 5.99. The van der Waals surface area contributed by atoms with Crippen molar-refractivity contribution in [3.05, 3.63) is 28.2 Å². The Bertz CT molecular complexity index is 508. The molecule has 21 heavy (non-hydrogen) atoms. The van der Waals surface area contributed by atoms with Gasteiger partial charge in [0.2, 0.25) is 0 Å². The van der Waals surface area contributed by atoms with E-state index < -0.39 is 6.10 Å². The number of rotatable bonds is 5. The second kappa shape index (κ2) is 7.24. The number of hydrogen-bond donors (Lipinski definition) is 2. The van der Waals surface area contributed by atoms with Crippen molar-refractivity contribution in [2.24, 2.45) is 5.84 Å². The topological polar surface area (TPSA) is 73.6 Å². The molecule has 6 heteroatoms.